The van der Waals surface area contributed by atoms with Crippen molar-refractivity contribution in [3.05, 3.63) is 48.7 Å². The average Bonchev–Trinajstić information content (AvgIpc) is 3.15. The van der Waals surface area contributed by atoms with E-state index < -0.39 is 0 Å². The molecule has 3 aromatic rings. The first-order chi connectivity index (χ1) is 11.3. The highest BCUT2D eigenvalue weighted by Gasteiger charge is 2.25. The van der Waals surface area contributed by atoms with Crippen LogP contribution in [0.5, 0.6) is 0 Å². The fraction of sp³-hybridized carbons (Fsp3) is 0.250. The molecule has 4 rings (SSSR count). The van der Waals surface area contributed by atoms with Gasteiger partial charge in [0.1, 0.15) is 5.52 Å². The highest BCUT2D eigenvalue weighted by atomic mass is 16.3. The zero-order valence-corrected chi connectivity index (χ0v) is 12.4. The second-order valence-corrected chi connectivity index (χ2v) is 5.37. The number of hydrogen-bond acceptors (Lipinski definition) is 6. The van der Waals surface area contributed by atoms with Crippen molar-refractivity contribution in [3.8, 4) is 0 Å². The van der Waals surface area contributed by atoms with Gasteiger partial charge in [0.05, 0.1) is 12.5 Å². The van der Waals surface area contributed by atoms with E-state index in [0.717, 1.165) is 16.7 Å². The van der Waals surface area contributed by atoms with Crippen molar-refractivity contribution >= 4 is 22.6 Å². The van der Waals surface area contributed by atoms with Gasteiger partial charge in [0.2, 0.25) is 0 Å². The second-order valence-electron chi connectivity index (χ2n) is 5.37. The van der Waals surface area contributed by atoms with Crippen LogP contribution in [-0.2, 0) is 0 Å². The summed E-state index contributed by atoms with van der Waals surface area (Å²) in [6.45, 7) is 2.61. The number of anilines is 1. The molecule has 23 heavy (non-hydrogen) atoms. The first kappa shape index (κ1) is 13.7. The Balaban J connectivity index is 1.52. The lowest BCUT2D eigenvalue weighted by molar-refractivity contribution is 0.0714. The van der Waals surface area contributed by atoms with Gasteiger partial charge in [-0.15, -0.1) is 5.10 Å². The van der Waals surface area contributed by atoms with Crippen molar-refractivity contribution in [3.63, 3.8) is 0 Å². The summed E-state index contributed by atoms with van der Waals surface area (Å²) in [4.78, 5) is 20.6. The van der Waals surface area contributed by atoms with E-state index in [4.69, 9.17) is 4.42 Å². The molecule has 0 saturated carbocycles. The van der Waals surface area contributed by atoms with Gasteiger partial charge in [-0.1, -0.05) is 0 Å². The predicted octanol–water partition coefficient (Wildman–Crippen LogP) is 1.58. The van der Waals surface area contributed by atoms with Crippen LogP contribution < -0.4 is 4.90 Å². The minimum Gasteiger partial charge on any atom is -0.459 e. The van der Waals surface area contributed by atoms with Gasteiger partial charge in [0.15, 0.2) is 11.6 Å². The summed E-state index contributed by atoms with van der Waals surface area (Å²) in [7, 11) is 0. The Morgan fingerprint density at radius 2 is 2.00 bits per heavy atom. The van der Waals surface area contributed by atoms with Crippen molar-refractivity contribution in [2.75, 3.05) is 31.1 Å². The first-order valence-corrected chi connectivity index (χ1v) is 7.47. The molecule has 0 aromatic carbocycles. The van der Waals surface area contributed by atoms with E-state index in [1.54, 1.807) is 29.4 Å². The maximum atomic E-state index is 12.3. The molecule has 7 nitrogen and oxygen atoms in total. The number of carbonyl (C=O) groups excluding carboxylic acids is 1. The van der Waals surface area contributed by atoms with Crippen LogP contribution in [-0.4, -0.2) is 52.2 Å². The van der Waals surface area contributed by atoms with E-state index in [-0.39, 0.29) is 5.91 Å². The Kier molecular flexibility index (Phi) is 3.38. The monoisotopic (exact) mass is 309 g/mol. The van der Waals surface area contributed by atoms with E-state index in [1.165, 1.54) is 6.26 Å². The molecular weight excluding hydrogens is 294 g/mol. The van der Waals surface area contributed by atoms with Gasteiger partial charge < -0.3 is 14.2 Å². The van der Waals surface area contributed by atoms with Crippen molar-refractivity contribution in [2.45, 2.75) is 0 Å². The number of carbonyl (C=O) groups is 1. The molecule has 3 aromatic heterocycles. The van der Waals surface area contributed by atoms with Crippen LogP contribution in [0, 0.1) is 0 Å². The third-order valence-electron chi connectivity index (χ3n) is 4.00. The SMILES string of the molecule is O=C(c1ccco1)N1CCN(c2nncc3cccnc23)CC1. The Bertz CT molecular complexity index is 820. The van der Waals surface area contributed by atoms with Gasteiger partial charge >= 0.3 is 0 Å². The molecule has 1 fully saturated rings. The standard InChI is InChI=1S/C16H15N5O2/c22-16(13-4-2-10-23-13)21-8-6-20(7-9-21)15-14-12(11-18-19-15)3-1-5-17-14/h1-5,10-11H,6-9H2. The molecular formula is C16H15N5O2. The Hall–Kier alpha value is -2.96. The Morgan fingerprint density at radius 3 is 2.78 bits per heavy atom. The van der Waals surface area contributed by atoms with Crippen molar-refractivity contribution < 1.29 is 9.21 Å². The molecule has 0 atom stereocenters. The molecule has 1 saturated heterocycles. The first-order valence-electron chi connectivity index (χ1n) is 7.47. The van der Waals surface area contributed by atoms with Crippen molar-refractivity contribution in [1.82, 2.24) is 20.1 Å². The van der Waals surface area contributed by atoms with Gasteiger partial charge in [-0.2, -0.15) is 5.10 Å². The molecule has 7 heteroatoms. The van der Waals surface area contributed by atoms with Crippen LogP contribution in [0.1, 0.15) is 10.6 Å². The number of pyridine rings is 1. The number of fused-ring (bicyclic) bond motifs is 1. The summed E-state index contributed by atoms with van der Waals surface area (Å²) in [6.07, 6.45) is 4.98. The Labute approximate surface area is 132 Å². The third kappa shape index (κ3) is 2.50. The number of aromatic nitrogens is 3. The molecule has 0 aliphatic carbocycles. The van der Waals surface area contributed by atoms with Crippen LogP contribution in [0.4, 0.5) is 5.82 Å². The summed E-state index contributed by atoms with van der Waals surface area (Å²) < 4.78 is 5.18. The summed E-state index contributed by atoms with van der Waals surface area (Å²) in [5, 5.41) is 9.26. The number of hydrogen-bond donors (Lipinski definition) is 0. The molecule has 0 radical (unpaired) electrons. The molecule has 1 aliphatic heterocycles. The van der Waals surface area contributed by atoms with Gasteiger partial charge in [-0.25, -0.2) is 0 Å². The maximum absolute atomic E-state index is 12.3. The molecule has 116 valence electrons. The smallest absolute Gasteiger partial charge is 0.289 e. The summed E-state index contributed by atoms with van der Waals surface area (Å²) >= 11 is 0. The van der Waals surface area contributed by atoms with Gasteiger partial charge in [-0.05, 0) is 24.3 Å². The van der Waals surface area contributed by atoms with E-state index in [2.05, 4.69) is 20.1 Å². The molecule has 0 N–H and O–H groups in total. The number of piperazine rings is 1. The van der Waals surface area contributed by atoms with Gasteiger partial charge in [-0.3, -0.25) is 9.78 Å². The third-order valence-corrected chi connectivity index (χ3v) is 4.00. The molecule has 4 heterocycles. The van der Waals surface area contributed by atoms with E-state index in [1.807, 2.05) is 12.1 Å². The van der Waals surface area contributed by atoms with Crippen LogP contribution in [0.3, 0.4) is 0 Å². The fourth-order valence-electron chi connectivity index (χ4n) is 2.79. The highest BCUT2D eigenvalue weighted by molar-refractivity contribution is 5.92. The summed E-state index contributed by atoms with van der Waals surface area (Å²) in [5.74, 6) is 1.08. The quantitative estimate of drug-likeness (QED) is 0.715. The molecule has 1 aliphatic rings. The lowest BCUT2D eigenvalue weighted by Gasteiger charge is -2.34. The molecule has 0 unspecified atom stereocenters. The highest BCUT2D eigenvalue weighted by Crippen LogP contribution is 2.22. The lowest BCUT2D eigenvalue weighted by atomic mass is 10.2. The normalized spacial score (nSPS) is 15.1. The van der Waals surface area contributed by atoms with Gasteiger partial charge in [0, 0.05) is 37.8 Å². The van der Waals surface area contributed by atoms with Gasteiger partial charge in [0.25, 0.3) is 5.91 Å². The maximum Gasteiger partial charge on any atom is 0.289 e. The summed E-state index contributed by atoms with van der Waals surface area (Å²) in [6, 6.07) is 7.26. The molecule has 0 bridgehead atoms. The van der Waals surface area contributed by atoms with Crippen LogP contribution in [0.15, 0.2) is 47.3 Å². The minimum atomic E-state index is -0.0724. The number of rotatable bonds is 2. The topological polar surface area (TPSA) is 75.4 Å². The van der Waals surface area contributed by atoms with Crippen LogP contribution >= 0.6 is 0 Å². The van der Waals surface area contributed by atoms with Crippen LogP contribution in [0.2, 0.25) is 0 Å². The Morgan fingerprint density at radius 1 is 1.13 bits per heavy atom. The second kappa shape index (κ2) is 5.68. The zero-order chi connectivity index (χ0) is 15.6. The van der Waals surface area contributed by atoms with E-state index in [0.29, 0.717) is 31.9 Å². The van der Waals surface area contributed by atoms with E-state index >= 15 is 0 Å². The average molecular weight is 309 g/mol. The largest absolute Gasteiger partial charge is 0.459 e. The zero-order valence-electron chi connectivity index (χ0n) is 12.4. The number of amides is 1. The molecule has 1 amide bonds. The van der Waals surface area contributed by atoms with Crippen molar-refractivity contribution in [1.29, 1.82) is 0 Å². The fourth-order valence-corrected chi connectivity index (χ4v) is 2.79. The molecule has 0 spiro atoms. The van der Waals surface area contributed by atoms with Crippen LogP contribution in [0.25, 0.3) is 10.9 Å². The van der Waals surface area contributed by atoms with Crippen molar-refractivity contribution in [2.24, 2.45) is 0 Å². The minimum absolute atomic E-state index is 0.0724. The predicted molar refractivity (Wildman–Crippen MR) is 84.2 cm³/mol. The lowest BCUT2D eigenvalue weighted by Crippen LogP contribution is -2.49. The van der Waals surface area contributed by atoms with E-state index in [9.17, 15) is 4.79 Å². The summed E-state index contributed by atoms with van der Waals surface area (Å²) in [5.41, 5.74) is 0.841. The number of nitrogens with zero attached hydrogens (tertiary/aromatic N) is 5. The number of furan rings is 1.